The van der Waals surface area contributed by atoms with Crippen molar-refractivity contribution in [3.8, 4) is 11.1 Å². The molecule has 0 saturated carbocycles. The van der Waals surface area contributed by atoms with E-state index in [0.29, 0.717) is 18.8 Å². The summed E-state index contributed by atoms with van der Waals surface area (Å²) in [6.45, 7) is 2.58. The summed E-state index contributed by atoms with van der Waals surface area (Å²) in [5.74, 6) is -0.439. The van der Waals surface area contributed by atoms with Crippen LogP contribution in [0.5, 0.6) is 0 Å². The molecule has 1 atom stereocenters. The number of fused-ring (bicyclic) bond motifs is 1. The number of benzene rings is 1. The summed E-state index contributed by atoms with van der Waals surface area (Å²) < 4.78 is 30.2. The highest BCUT2D eigenvalue weighted by molar-refractivity contribution is 5.91. The lowest BCUT2D eigenvalue weighted by Crippen LogP contribution is -2.48. The molecule has 1 aliphatic heterocycles. The summed E-state index contributed by atoms with van der Waals surface area (Å²) in [5.41, 5.74) is 0.735. The van der Waals surface area contributed by atoms with E-state index >= 15 is 4.39 Å². The molecule has 4 rings (SSSR count). The maximum absolute atomic E-state index is 15.3. The fourth-order valence-electron chi connectivity index (χ4n) is 4.08. The van der Waals surface area contributed by atoms with Crippen LogP contribution in [-0.4, -0.2) is 56.9 Å². The van der Waals surface area contributed by atoms with Gasteiger partial charge in [0, 0.05) is 68.6 Å². The molecule has 0 bridgehead atoms. The highest BCUT2D eigenvalue weighted by Crippen LogP contribution is 2.30. The Morgan fingerprint density at radius 3 is 2.60 bits per heavy atom. The van der Waals surface area contributed by atoms with Crippen molar-refractivity contribution in [2.45, 2.75) is 38.0 Å². The second-order valence-corrected chi connectivity index (χ2v) is 8.29. The number of aryl methyl sites for hydroxylation is 1. The van der Waals surface area contributed by atoms with Crippen LogP contribution in [0.4, 0.5) is 8.78 Å². The summed E-state index contributed by atoms with van der Waals surface area (Å²) in [7, 11) is 1.87. The lowest BCUT2D eigenvalue weighted by atomic mass is 9.86. The van der Waals surface area contributed by atoms with Crippen molar-refractivity contribution in [2.75, 3.05) is 19.6 Å². The second kappa shape index (κ2) is 8.22. The molecule has 0 radical (unpaired) electrons. The molecule has 1 aliphatic rings. The number of hydrogen-bond donors (Lipinski definition) is 0. The maximum atomic E-state index is 15.3. The number of pyridine rings is 1. The number of ketones is 1. The van der Waals surface area contributed by atoms with Crippen LogP contribution in [0.25, 0.3) is 21.9 Å². The number of halogens is 2. The number of alkyl halides is 2. The summed E-state index contributed by atoms with van der Waals surface area (Å²) in [6.07, 6.45) is 4.69. The molecule has 0 aliphatic carbocycles. The molecule has 158 valence electrons. The van der Waals surface area contributed by atoms with Crippen molar-refractivity contribution in [3.05, 3.63) is 48.5 Å². The van der Waals surface area contributed by atoms with E-state index < -0.39 is 17.6 Å². The first-order valence-electron chi connectivity index (χ1n) is 10.3. The van der Waals surface area contributed by atoms with Gasteiger partial charge < -0.3 is 4.90 Å². The first-order valence-corrected chi connectivity index (χ1v) is 10.3. The molecule has 1 aromatic carbocycles. The van der Waals surface area contributed by atoms with E-state index in [2.05, 4.69) is 10.1 Å². The van der Waals surface area contributed by atoms with Gasteiger partial charge in [0.15, 0.2) is 11.5 Å². The van der Waals surface area contributed by atoms with E-state index in [-0.39, 0.29) is 25.8 Å². The van der Waals surface area contributed by atoms with Gasteiger partial charge in [0.1, 0.15) is 6.17 Å². The molecule has 1 saturated heterocycles. The quantitative estimate of drug-likeness (QED) is 0.616. The molecule has 7 heteroatoms. The minimum Gasteiger partial charge on any atom is -0.300 e. The molecule has 0 amide bonds. The third-order valence-corrected chi connectivity index (χ3v) is 5.82. The Kier molecular flexibility index (Phi) is 5.64. The number of carbonyl (C=O) groups excluding carboxylic acids is 1. The van der Waals surface area contributed by atoms with Gasteiger partial charge in [0.05, 0.1) is 12.6 Å². The molecule has 3 aromatic rings. The van der Waals surface area contributed by atoms with Crippen LogP contribution in [0.2, 0.25) is 0 Å². The fraction of sp³-hybridized carbons (Fsp3) is 0.435. The average molecular weight is 412 g/mol. The van der Waals surface area contributed by atoms with E-state index in [1.807, 2.05) is 42.4 Å². The van der Waals surface area contributed by atoms with Crippen molar-refractivity contribution in [1.82, 2.24) is 19.7 Å². The molecule has 5 nitrogen and oxygen atoms in total. The molecule has 0 N–H and O–H groups in total. The number of likely N-dealkylation sites (tertiary alicyclic amines) is 1. The largest absolute Gasteiger partial charge is 0.300 e. The predicted molar refractivity (Wildman–Crippen MR) is 113 cm³/mol. The van der Waals surface area contributed by atoms with Gasteiger partial charge in [-0.1, -0.05) is 12.1 Å². The van der Waals surface area contributed by atoms with E-state index in [1.165, 1.54) is 6.92 Å². The van der Waals surface area contributed by atoms with Gasteiger partial charge in [0.2, 0.25) is 0 Å². The van der Waals surface area contributed by atoms with E-state index in [4.69, 9.17) is 0 Å². The zero-order chi connectivity index (χ0) is 21.3. The lowest BCUT2D eigenvalue weighted by molar-refractivity contribution is -0.133. The minimum absolute atomic E-state index is 0.0386. The number of rotatable bonds is 6. The number of carbonyl (C=O) groups is 1. The van der Waals surface area contributed by atoms with Crippen LogP contribution in [0.15, 0.2) is 42.9 Å². The average Bonchev–Trinajstić information content (AvgIpc) is 3.15. The maximum Gasteiger partial charge on any atom is 0.175 e. The van der Waals surface area contributed by atoms with Gasteiger partial charge >= 0.3 is 0 Å². The summed E-state index contributed by atoms with van der Waals surface area (Å²) in [4.78, 5) is 19.0. The summed E-state index contributed by atoms with van der Waals surface area (Å²) in [5, 5.41) is 6.12. The minimum atomic E-state index is -1.86. The van der Waals surface area contributed by atoms with Gasteiger partial charge in [-0.3, -0.25) is 14.5 Å². The summed E-state index contributed by atoms with van der Waals surface area (Å²) >= 11 is 0. The van der Waals surface area contributed by atoms with Crippen molar-refractivity contribution < 1.29 is 13.6 Å². The number of hydrogen-bond acceptors (Lipinski definition) is 4. The van der Waals surface area contributed by atoms with Gasteiger partial charge in [-0.15, -0.1) is 0 Å². The van der Waals surface area contributed by atoms with Crippen LogP contribution in [0.3, 0.4) is 0 Å². The molecule has 30 heavy (non-hydrogen) atoms. The Balaban J connectivity index is 1.48. The molecule has 1 fully saturated rings. The third-order valence-electron chi connectivity index (χ3n) is 5.82. The predicted octanol–water partition coefficient (Wildman–Crippen LogP) is 3.91. The van der Waals surface area contributed by atoms with Crippen molar-refractivity contribution in [3.63, 3.8) is 0 Å². The van der Waals surface area contributed by atoms with E-state index in [0.717, 1.165) is 21.9 Å². The van der Waals surface area contributed by atoms with E-state index in [9.17, 15) is 9.18 Å². The third kappa shape index (κ3) is 4.41. The fourth-order valence-corrected chi connectivity index (χ4v) is 4.08. The lowest BCUT2D eigenvalue weighted by Gasteiger charge is -2.35. The van der Waals surface area contributed by atoms with Gasteiger partial charge in [-0.05, 0) is 30.0 Å². The summed E-state index contributed by atoms with van der Waals surface area (Å²) in [6, 6.07) is 7.88. The van der Waals surface area contributed by atoms with Crippen LogP contribution >= 0.6 is 0 Å². The first kappa shape index (κ1) is 20.6. The van der Waals surface area contributed by atoms with Gasteiger partial charge in [-0.25, -0.2) is 8.78 Å². The Labute approximate surface area is 174 Å². The molecular formula is C23H26F2N4O. The highest BCUT2D eigenvalue weighted by atomic mass is 19.1. The molecule has 3 heterocycles. The first-order chi connectivity index (χ1) is 14.3. The SMILES string of the molecule is CC(F)CN1CCC(F)(C(=O)Cc2cc3cc(-c4cnn(C)c4)ccc3cn2)CC1. The van der Waals surface area contributed by atoms with Crippen LogP contribution in [0, 0.1) is 0 Å². The molecule has 0 spiro atoms. The zero-order valence-electron chi connectivity index (χ0n) is 17.3. The Morgan fingerprint density at radius 2 is 1.93 bits per heavy atom. The van der Waals surface area contributed by atoms with Gasteiger partial charge in [-0.2, -0.15) is 5.10 Å². The second-order valence-electron chi connectivity index (χ2n) is 8.29. The zero-order valence-corrected chi connectivity index (χ0v) is 17.3. The normalized spacial score (nSPS) is 17.9. The van der Waals surface area contributed by atoms with Crippen molar-refractivity contribution in [2.24, 2.45) is 7.05 Å². The van der Waals surface area contributed by atoms with Crippen LogP contribution < -0.4 is 0 Å². The number of piperidine rings is 1. The van der Waals surface area contributed by atoms with Crippen LogP contribution in [-0.2, 0) is 18.3 Å². The smallest absolute Gasteiger partial charge is 0.175 e. The Hall–Kier alpha value is -2.67. The van der Waals surface area contributed by atoms with Crippen LogP contribution in [0.1, 0.15) is 25.5 Å². The molecule has 2 aromatic heterocycles. The van der Waals surface area contributed by atoms with E-state index in [1.54, 1.807) is 17.1 Å². The molecular weight excluding hydrogens is 386 g/mol. The monoisotopic (exact) mass is 412 g/mol. The van der Waals surface area contributed by atoms with Crippen molar-refractivity contribution >= 4 is 16.6 Å². The molecule has 1 unspecified atom stereocenters. The standard InChI is InChI=1S/C23H26F2N4O/c1-16(24)14-29-7-5-23(25,6-8-29)22(30)11-21-10-19-9-17(3-4-18(19)12-26-21)20-13-27-28(2)15-20/h3-4,9-10,12-13,15-16H,5-8,11,14H2,1-2H3. The highest BCUT2D eigenvalue weighted by Gasteiger charge is 2.41. The Bertz CT molecular complexity index is 1050. The number of nitrogens with zero attached hydrogens (tertiary/aromatic N) is 4. The van der Waals surface area contributed by atoms with Gasteiger partial charge in [0.25, 0.3) is 0 Å². The number of aromatic nitrogens is 3. The topological polar surface area (TPSA) is 51.0 Å². The Morgan fingerprint density at radius 1 is 1.17 bits per heavy atom. The number of Topliss-reactive ketones (excluding diaryl/α,β-unsaturated/α-hetero) is 1. The van der Waals surface area contributed by atoms with Crippen molar-refractivity contribution in [1.29, 1.82) is 0 Å².